The second kappa shape index (κ2) is 7.40. The predicted molar refractivity (Wildman–Crippen MR) is 86.3 cm³/mol. The van der Waals surface area contributed by atoms with Crippen molar-refractivity contribution in [2.24, 2.45) is 5.10 Å². The molecule has 136 valence electrons. The molecule has 0 bridgehead atoms. The van der Waals surface area contributed by atoms with Crippen LogP contribution in [0.5, 0.6) is 5.75 Å². The van der Waals surface area contributed by atoms with Gasteiger partial charge in [-0.2, -0.15) is 18.3 Å². The molecule has 2 N–H and O–H groups in total. The van der Waals surface area contributed by atoms with Crippen molar-refractivity contribution in [3.8, 4) is 5.75 Å². The first-order chi connectivity index (χ1) is 12.1. The van der Waals surface area contributed by atoms with Gasteiger partial charge in [-0.15, -0.1) is 0 Å². The first-order valence-corrected chi connectivity index (χ1v) is 7.15. The fraction of sp³-hybridized carbons (Fsp3) is 0.0667. The van der Waals surface area contributed by atoms with E-state index in [9.17, 15) is 33.2 Å². The van der Waals surface area contributed by atoms with Crippen molar-refractivity contribution in [3.63, 3.8) is 0 Å². The molecule has 7 nitrogen and oxygen atoms in total. The highest BCUT2D eigenvalue weighted by atomic mass is 35.5. The summed E-state index contributed by atoms with van der Waals surface area (Å²) in [5.41, 5.74) is 0.118. The summed E-state index contributed by atoms with van der Waals surface area (Å²) in [4.78, 5) is 21.8. The van der Waals surface area contributed by atoms with Crippen LogP contribution < -0.4 is 5.43 Å². The number of nitro groups is 1. The summed E-state index contributed by atoms with van der Waals surface area (Å²) >= 11 is 5.55. The van der Waals surface area contributed by atoms with E-state index in [0.717, 1.165) is 12.3 Å². The number of nitro benzene ring substituents is 1. The Balaban J connectivity index is 2.20. The van der Waals surface area contributed by atoms with Crippen LogP contribution in [0.1, 0.15) is 21.5 Å². The smallest absolute Gasteiger partial charge is 0.416 e. The van der Waals surface area contributed by atoms with E-state index in [2.05, 4.69) is 5.10 Å². The SMILES string of the molecule is O=C(N/N=C/c1cc(C(F)(F)F)cc(Cl)c1O)c1cccc([N+](=O)[O-])c1. The Morgan fingerprint density at radius 2 is 2.00 bits per heavy atom. The normalized spacial score (nSPS) is 11.5. The number of carbonyl (C=O) groups is 1. The van der Waals surface area contributed by atoms with Gasteiger partial charge < -0.3 is 5.11 Å². The van der Waals surface area contributed by atoms with Crippen LogP contribution >= 0.6 is 11.6 Å². The number of alkyl halides is 3. The number of phenolic OH excluding ortho intramolecular Hbond substituents is 1. The number of halogens is 4. The van der Waals surface area contributed by atoms with Crippen LogP contribution in [-0.4, -0.2) is 22.2 Å². The lowest BCUT2D eigenvalue weighted by Crippen LogP contribution is -2.17. The topological polar surface area (TPSA) is 105 Å². The quantitative estimate of drug-likeness (QED) is 0.473. The molecule has 0 aliphatic rings. The predicted octanol–water partition coefficient (Wildman–Crippen LogP) is 3.74. The van der Waals surface area contributed by atoms with E-state index in [1.807, 2.05) is 5.43 Å². The molecule has 2 rings (SSSR count). The Kier molecular flexibility index (Phi) is 5.46. The molecule has 0 unspecified atom stereocenters. The third kappa shape index (κ3) is 4.48. The number of hydrazone groups is 1. The van der Waals surface area contributed by atoms with Crippen LogP contribution in [-0.2, 0) is 6.18 Å². The molecule has 0 saturated carbocycles. The Bertz CT molecular complexity index is 900. The molecular formula is C15H9ClF3N3O4. The van der Waals surface area contributed by atoms with Crippen LogP contribution in [0.3, 0.4) is 0 Å². The van der Waals surface area contributed by atoms with Gasteiger partial charge in [0.15, 0.2) is 0 Å². The van der Waals surface area contributed by atoms with Gasteiger partial charge in [0.05, 0.1) is 21.7 Å². The third-order valence-corrected chi connectivity index (χ3v) is 3.40. The minimum atomic E-state index is -4.69. The molecule has 11 heteroatoms. The number of rotatable bonds is 4. The molecule has 0 spiro atoms. The zero-order valence-corrected chi connectivity index (χ0v) is 13.4. The number of carbonyl (C=O) groups excluding carboxylic acids is 1. The van der Waals surface area contributed by atoms with Crippen molar-refractivity contribution in [1.29, 1.82) is 0 Å². The highest BCUT2D eigenvalue weighted by Gasteiger charge is 2.32. The Morgan fingerprint density at radius 3 is 2.62 bits per heavy atom. The van der Waals surface area contributed by atoms with Gasteiger partial charge >= 0.3 is 6.18 Å². The van der Waals surface area contributed by atoms with Gasteiger partial charge in [0, 0.05) is 23.3 Å². The molecule has 0 aliphatic heterocycles. The highest BCUT2D eigenvalue weighted by Crippen LogP contribution is 2.36. The largest absolute Gasteiger partial charge is 0.506 e. The second-order valence-electron chi connectivity index (χ2n) is 4.90. The van der Waals surface area contributed by atoms with Crippen molar-refractivity contribution < 1.29 is 28.0 Å². The lowest BCUT2D eigenvalue weighted by Gasteiger charge is -2.09. The van der Waals surface area contributed by atoms with Crippen LogP contribution in [0, 0.1) is 10.1 Å². The van der Waals surface area contributed by atoms with E-state index in [-0.39, 0.29) is 16.8 Å². The zero-order valence-electron chi connectivity index (χ0n) is 12.6. The van der Waals surface area contributed by atoms with Crippen LogP contribution in [0.4, 0.5) is 18.9 Å². The summed E-state index contributed by atoms with van der Waals surface area (Å²) in [7, 11) is 0. The number of aromatic hydroxyl groups is 1. The summed E-state index contributed by atoms with van der Waals surface area (Å²) in [5, 5.41) is 23.3. The number of benzene rings is 2. The van der Waals surface area contributed by atoms with Gasteiger partial charge in [-0.05, 0) is 18.2 Å². The van der Waals surface area contributed by atoms with Crippen molar-refractivity contribution in [2.75, 3.05) is 0 Å². The average Bonchev–Trinajstić information content (AvgIpc) is 2.57. The Morgan fingerprint density at radius 1 is 1.31 bits per heavy atom. The van der Waals surface area contributed by atoms with Gasteiger partial charge in [0.2, 0.25) is 0 Å². The third-order valence-electron chi connectivity index (χ3n) is 3.11. The van der Waals surface area contributed by atoms with Crippen molar-refractivity contribution in [1.82, 2.24) is 5.43 Å². The molecular weight excluding hydrogens is 379 g/mol. The van der Waals surface area contributed by atoms with E-state index in [4.69, 9.17) is 11.6 Å². The Hall–Kier alpha value is -3.14. The van der Waals surface area contributed by atoms with Crippen LogP contribution in [0.25, 0.3) is 0 Å². The molecule has 26 heavy (non-hydrogen) atoms. The first kappa shape index (κ1) is 19.2. The van der Waals surface area contributed by atoms with E-state index < -0.39 is 33.3 Å². The van der Waals surface area contributed by atoms with Gasteiger partial charge in [-0.3, -0.25) is 14.9 Å². The molecule has 0 aromatic heterocycles. The summed E-state index contributed by atoms with van der Waals surface area (Å²) in [6.45, 7) is 0. The number of nitrogens with one attached hydrogen (secondary N) is 1. The number of phenols is 1. The van der Waals surface area contributed by atoms with Gasteiger partial charge in [-0.25, -0.2) is 5.43 Å². The zero-order chi connectivity index (χ0) is 19.5. The van der Waals surface area contributed by atoms with Crippen molar-refractivity contribution in [2.45, 2.75) is 6.18 Å². The maximum absolute atomic E-state index is 12.7. The number of non-ortho nitro benzene ring substituents is 1. The molecule has 0 radical (unpaired) electrons. The minimum Gasteiger partial charge on any atom is -0.506 e. The van der Waals surface area contributed by atoms with Crippen LogP contribution in [0.15, 0.2) is 41.5 Å². The van der Waals surface area contributed by atoms with E-state index in [1.54, 1.807) is 0 Å². The maximum atomic E-state index is 12.7. The lowest BCUT2D eigenvalue weighted by atomic mass is 10.1. The van der Waals surface area contributed by atoms with Crippen LogP contribution in [0.2, 0.25) is 5.02 Å². The molecule has 0 saturated heterocycles. The minimum absolute atomic E-state index is 0.0809. The molecule has 1 amide bonds. The van der Waals surface area contributed by atoms with Crippen molar-refractivity contribution >= 4 is 29.4 Å². The average molecular weight is 388 g/mol. The van der Waals surface area contributed by atoms with Gasteiger partial charge in [0.1, 0.15) is 5.75 Å². The summed E-state index contributed by atoms with van der Waals surface area (Å²) in [6.07, 6.45) is -3.92. The highest BCUT2D eigenvalue weighted by molar-refractivity contribution is 6.32. The Labute approximate surface area is 148 Å². The van der Waals surface area contributed by atoms with Gasteiger partial charge in [0.25, 0.3) is 11.6 Å². The summed E-state index contributed by atoms with van der Waals surface area (Å²) in [6, 6.07) is 5.91. The number of hydrogen-bond donors (Lipinski definition) is 2. The summed E-state index contributed by atoms with van der Waals surface area (Å²) < 4.78 is 38.2. The molecule has 0 aliphatic carbocycles. The summed E-state index contributed by atoms with van der Waals surface area (Å²) in [5.74, 6) is -1.48. The molecule has 0 fully saturated rings. The standard InChI is InChI=1S/C15H9ClF3N3O4/c16-12-6-10(15(17,18)19)4-9(13(12)23)7-20-21-14(24)8-2-1-3-11(5-8)22(25)26/h1-7,23H,(H,21,24)/b20-7+. The van der Waals surface area contributed by atoms with Crippen molar-refractivity contribution in [3.05, 3.63) is 68.2 Å². The monoisotopic (exact) mass is 387 g/mol. The maximum Gasteiger partial charge on any atom is 0.416 e. The molecule has 2 aromatic rings. The molecule has 2 aromatic carbocycles. The fourth-order valence-electron chi connectivity index (χ4n) is 1.87. The number of nitrogens with zero attached hydrogens (tertiary/aromatic N) is 2. The van der Waals surface area contributed by atoms with E-state index >= 15 is 0 Å². The molecule has 0 atom stereocenters. The number of hydrogen-bond acceptors (Lipinski definition) is 5. The second-order valence-corrected chi connectivity index (χ2v) is 5.31. The first-order valence-electron chi connectivity index (χ1n) is 6.77. The number of amides is 1. The molecule has 0 heterocycles. The lowest BCUT2D eigenvalue weighted by molar-refractivity contribution is -0.384. The van der Waals surface area contributed by atoms with Gasteiger partial charge in [-0.1, -0.05) is 17.7 Å². The fourth-order valence-corrected chi connectivity index (χ4v) is 2.09. The van der Waals surface area contributed by atoms with E-state index in [0.29, 0.717) is 12.1 Å². The van der Waals surface area contributed by atoms with E-state index in [1.165, 1.54) is 18.2 Å².